The highest BCUT2D eigenvalue weighted by Crippen LogP contribution is 2.22. The number of rotatable bonds is 3. The Labute approximate surface area is 77.0 Å². The Kier molecular flexibility index (Phi) is 2.14. The van der Waals surface area contributed by atoms with Crippen LogP contribution in [0.1, 0.15) is 24.2 Å². The van der Waals surface area contributed by atoms with Gasteiger partial charge in [-0.15, -0.1) is 0 Å². The van der Waals surface area contributed by atoms with Crippen LogP contribution in [0.25, 0.3) is 0 Å². The SMILES string of the molecule is Cc1cc(CO)nc(NC2CC2)n1. The molecule has 0 saturated heterocycles. The van der Waals surface area contributed by atoms with Crippen molar-refractivity contribution in [1.82, 2.24) is 9.97 Å². The van der Waals surface area contributed by atoms with Gasteiger partial charge in [0.25, 0.3) is 0 Å². The number of aromatic nitrogens is 2. The second kappa shape index (κ2) is 3.30. The van der Waals surface area contributed by atoms with E-state index in [0.717, 1.165) is 5.69 Å². The van der Waals surface area contributed by atoms with Crippen molar-refractivity contribution in [3.8, 4) is 0 Å². The summed E-state index contributed by atoms with van der Waals surface area (Å²) in [6.07, 6.45) is 2.40. The van der Waals surface area contributed by atoms with E-state index in [-0.39, 0.29) is 6.61 Å². The van der Waals surface area contributed by atoms with Crippen molar-refractivity contribution in [3.63, 3.8) is 0 Å². The third-order valence-electron chi connectivity index (χ3n) is 1.98. The molecule has 0 bridgehead atoms. The van der Waals surface area contributed by atoms with E-state index in [1.807, 2.05) is 6.92 Å². The number of nitrogens with zero attached hydrogens (tertiary/aromatic N) is 2. The van der Waals surface area contributed by atoms with Gasteiger partial charge in [-0.05, 0) is 25.8 Å². The first-order valence-electron chi connectivity index (χ1n) is 4.50. The largest absolute Gasteiger partial charge is 0.390 e. The minimum atomic E-state index is -0.0251. The van der Waals surface area contributed by atoms with Gasteiger partial charge in [0.1, 0.15) is 0 Å². The topological polar surface area (TPSA) is 58.0 Å². The third kappa shape index (κ3) is 2.15. The van der Waals surface area contributed by atoms with Crippen molar-refractivity contribution in [2.75, 3.05) is 5.32 Å². The minimum absolute atomic E-state index is 0.0251. The molecule has 0 spiro atoms. The summed E-state index contributed by atoms with van der Waals surface area (Å²) in [7, 11) is 0. The van der Waals surface area contributed by atoms with Gasteiger partial charge in [-0.1, -0.05) is 0 Å². The number of aryl methyl sites for hydroxylation is 1. The van der Waals surface area contributed by atoms with Crippen LogP contribution in [0, 0.1) is 6.92 Å². The summed E-state index contributed by atoms with van der Waals surface area (Å²) >= 11 is 0. The molecule has 1 heterocycles. The van der Waals surface area contributed by atoms with Crippen molar-refractivity contribution in [3.05, 3.63) is 17.5 Å². The first-order chi connectivity index (χ1) is 6.28. The fourth-order valence-electron chi connectivity index (χ4n) is 1.19. The maximum atomic E-state index is 8.92. The number of nitrogens with one attached hydrogen (secondary N) is 1. The van der Waals surface area contributed by atoms with Gasteiger partial charge < -0.3 is 10.4 Å². The maximum Gasteiger partial charge on any atom is 0.223 e. The number of hydrogen-bond acceptors (Lipinski definition) is 4. The lowest BCUT2D eigenvalue weighted by molar-refractivity contribution is 0.276. The van der Waals surface area contributed by atoms with Gasteiger partial charge in [0.05, 0.1) is 12.3 Å². The number of anilines is 1. The summed E-state index contributed by atoms with van der Waals surface area (Å²) in [6.45, 7) is 1.88. The first-order valence-corrected chi connectivity index (χ1v) is 4.50. The van der Waals surface area contributed by atoms with Gasteiger partial charge in [-0.25, -0.2) is 9.97 Å². The third-order valence-corrected chi connectivity index (χ3v) is 1.98. The highest BCUT2D eigenvalue weighted by atomic mass is 16.3. The Morgan fingerprint density at radius 1 is 1.54 bits per heavy atom. The predicted octanol–water partition coefficient (Wildman–Crippen LogP) is 0.852. The van der Waals surface area contributed by atoms with E-state index < -0.39 is 0 Å². The maximum absolute atomic E-state index is 8.92. The van der Waals surface area contributed by atoms with Crippen molar-refractivity contribution >= 4 is 5.95 Å². The van der Waals surface area contributed by atoms with Gasteiger partial charge in [-0.3, -0.25) is 0 Å². The lowest BCUT2D eigenvalue weighted by atomic mass is 10.3. The minimum Gasteiger partial charge on any atom is -0.390 e. The molecular weight excluding hydrogens is 166 g/mol. The molecule has 0 radical (unpaired) electrons. The molecule has 0 aromatic carbocycles. The van der Waals surface area contributed by atoms with Crippen molar-refractivity contribution in [2.24, 2.45) is 0 Å². The fourth-order valence-corrected chi connectivity index (χ4v) is 1.19. The Balaban J connectivity index is 2.17. The normalized spacial score (nSPS) is 15.8. The average molecular weight is 179 g/mol. The van der Waals surface area contributed by atoms with Crippen molar-refractivity contribution < 1.29 is 5.11 Å². The molecule has 4 nitrogen and oxygen atoms in total. The molecule has 1 fully saturated rings. The van der Waals surface area contributed by atoms with Crippen LogP contribution in [0.3, 0.4) is 0 Å². The van der Waals surface area contributed by atoms with Crippen LogP contribution >= 0.6 is 0 Å². The zero-order valence-corrected chi connectivity index (χ0v) is 7.62. The van der Waals surface area contributed by atoms with Gasteiger partial charge in [0.2, 0.25) is 5.95 Å². The van der Waals surface area contributed by atoms with E-state index in [1.165, 1.54) is 12.8 Å². The summed E-state index contributed by atoms with van der Waals surface area (Å²) in [4.78, 5) is 8.39. The van der Waals surface area contributed by atoms with E-state index in [9.17, 15) is 0 Å². The zero-order valence-electron chi connectivity index (χ0n) is 7.62. The van der Waals surface area contributed by atoms with Crippen LogP contribution in [0.5, 0.6) is 0 Å². The molecule has 1 aromatic heterocycles. The van der Waals surface area contributed by atoms with Crippen LogP contribution in [-0.4, -0.2) is 21.1 Å². The van der Waals surface area contributed by atoms with E-state index in [0.29, 0.717) is 17.7 Å². The highest BCUT2D eigenvalue weighted by Gasteiger charge is 2.21. The molecule has 4 heteroatoms. The number of aliphatic hydroxyl groups is 1. The molecule has 13 heavy (non-hydrogen) atoms. The van der Waals surface area contributed by atoms with Crippen molar-refractivity contribution in [1.29, 1.82) is 0 Å². The molecule has 0 atom stereocenters. The van der Waals surface area contributed by atoms with Crippen LogP contribution < -0.4 is 5.32 Å². The molecule has 1 aromatic rings. The molecule has 0 amide bonds. The summed E-state index contributed by atoms with van der Waals surface area (Å²) in [5.74, 6) is 0.645. The molecule has 1 aliphatic rings. The highest BCUT2D eigenvalue weighted by molar-refractivity contribution is 5.30. The molecule has 2 rings (SSSR count). The van der Waals surface area contributed by atoms with Gasteiger partial charge >= 0.3 is 0 Å². The van der Waals surface area contributed by atoms with Crippen LogP contribution in [0.15, 0.2) is 6.07 Å². The summed E-state index contributed by atoms with van der Waals surface area (Å²) in [6, 6.07) is 2.34. The van der Waals surface area contributed by atoms with Crippen LogP contribution in [-0.2, 0) is 6.61 Å². The average Bonchev–Trinajstić information content (AvgIpc) is 2.87. The Hall–Kier alpha value is -1.16. The zero-order chi connectivity index (χ0) is 9.26. The summed E-state index contributed by atoms with van der Waals surface area (Å²) in [5, 5.41) is 12.1. The van der Waals surface area contributed by atoms with Crippen molar-refractivity contribution in [2.45, 2.75) is 32.4 Å². The Bertz CT molecular complexity index is 310. The quantitative estimate of drug-likeness (QED) is 0.722. The van der Waals surface area contributed by atoms with Gasteiger partial charge in [0.15, 0.2) is 0 Å². The van der Waals surface area contributed by atoms with Gasteiger partial charge in [-0.2, -0.15) is 0 Å². The second-order valence-electron chi connectivity index (χ2n) is 3.40. The van der Waals surface area contributed by atoms with E-state index >= 15 is 0 Å². The first kappa shape index (κ1) is 8.44. The number of hydrogen-bond donors (Lipinski definition) is 2. The Morgan fingerprint density at radius 2 is 2.31 bits per heavy atom. The van der Waals surface area contributed by atoms with Crippen LogP contribution in [0.2, 0.25) is 0 Å². The molecular formula is C9H13N3O. The summed E-state index contributed by atoms with van der Waals surface area (Å²) in [5.41, 5.74) is 1.57. The molecule has 0 aliphatic heterocycles. The summed E-state index contributed by atoms with van der Waals surface area (Å²) < 4.78 is 0. The van der Waals surface area contributed by atoms with Crippen LogP contribution in [0.4, 0.5) is 5.95 Å². The van der Waals surface area contributed by atoms with E-state index in [4.69, 9.17) is 5.11 Å². The second-order valence-corrected chi connectivity index (χ2v) is 3.40. The monoisotopic (exact) mass is 179 g/mol. The lowest BCUT2D eigenvalue weighted by Crippen LogP contribution is -2.07. The smallest absolute Gasteiger partial charge is 0.223 e. The van der Waals surface area contributed by atoms with Gasteiger partial charge in [0, 0.05) is 11.7 Å². The number of aliphatic hydroxyl groups excluding tert-OH is 1. The molecule has 1 saturated carbocycles. The van der Waals surface area contributed by atoms with E-state index in [1.54, 1.807) is 6.07 Å². The predicted molar refractivity (Wildman–Crippen MR) is 49.3 cm³/mol. The standard InChI is InChI=1S/C9H13N3O/c1-6-4-8(5-13)12-9(10-6)11-7-2-3-7/h4,7,13H,2-3,5H2,1H3,(H,10,11,12). The molecule has 70 valence electrons. The molecule has 0 unspecified atom stereocenters. The Morgan fingerprint density at radius 3 is 2.92 bits per heavy atom. The fraction of sp³-hybridized carbons (Fsp3) is 0.556. The molecule has 2 N–H and O–H groups in total. The molecule has 1 aliphatic carbocycles. The lowest BCUT2D eigenvalue weighted by Gasteiger charge is -2.04. The van der Waals surface area contributed by atoms with E-state index in [2.05, 4.69) is 15.3 Å².